The van der Waals surface area contributed by atoms with Gasteiger partial charge in [0.2, 0.25) is 0 Å². The molecule has 11 heteroatoms. The van der Waals surface area contributed by atoms with Crippen LogP contribution in [0.3, 0.4) is 0 Å². The molecule has 0 atom stereocenters. The van der Waals surface area contributed by atoms with Crippen molar-refractivity contribution in [2.75, 3.05) is 30.9 Å². The fourth-order valence-electron chi connectivity index (χ4n) is 4.53. The summed E-state index contributed by atoms with van der Waals surface area (Å²) < 4.78 is 40.2. The number of pyridine rings is 2. The lowest BCUT2D eigenvalue weighted by molar-refractivity contribution is -0.141. The summed E-state index contributed by atoms with van der Waals surface area (Å²) in [6, 6.07) is 9.78. The highest BCUT2D eigenvalue weighted by atomic mass is 19.4. The van der Waals surface area contributed by atoms with Gasteiger partial charge in [-0.2, -0.15) is 18.3 Å². The van der Waals surface area contributed by atoms with Crippen molar-refractivity contribution in [3.63, 3.8) is 0 Å². The topological polar surface area (TPSA) is 90.0 Å². The Balaban J connectivity index is 1.37. The second kappa shape index (κ2) is 9.47. The van der Waals surface area contributed by atoms with Crippen LogP contribution in [0.1, 0.15) is 38.6 Å². The van der Waals surface area contributed by atoms with Crippen LogP contribution in [-0.2, 0) is 25.7 Å². The van der Waals surface area contributed by atoms with Gasteiger partial charge in [-0.1, -0.05) is 6.07 Å². The van der Waals surface area contributed by atoms with E-state index >= 15 is 0 Å². The van der Waals surface area contributed by atoms with E-state index in [2.05, 4.69) is 36.4 Å². The van der Waals surface area contributed by atoms with Crippen molar-refractivity contribution in [2.24, 2.45) is 0 Å². The number of rotatable bonds is 6. The molecule has 0 bridgehead atoms. The summed E-state index contributed by atoms with van der Waals surface area (Å²) in [6.07, 6.45) is -1.99. The van der Waals surface area contributed by atoms with Crippen molar-refractivity contribution >= 4 is 28.3 Å². The van der Waals surface area contributed by atoms with Gasteiger partial charge in [-0.3, -0.25) is 9.89 Å². The number of alkyl halides is 3. The van der Waals surface area contributed by atoms with E-state index in [0.717, 1.165) is 46.9 Å². The Morgan fingerprint density at radius 2 is 2.00 bits per heavy atom. The number of aromatic amines is 1. The zero-order valence-corrected chi connectivity index (χ0v) is 20.6. The summed E-state index contributed by atoms with van der Waals surface area (Å²) in [7, 11) is 3.47. The molecule has 1 aliphatic rings. The Hall–Kier alpha value is -3.99. The molecule has 0 radical (unpaired) electrons. The van der Waals surface area contributed by atoms with E-state index in [-0.39, 0.29) is 17.9 Å². The molecular weight excluding hydrogens is 483 g/mol. The van der Waals surface area contributed by atoms with Gasteiger partial charge in [-0.05, 0) is 68.9 Å². The number of H-pyrrole nitrogens is 1. The molecule has 5 rings (SSSR count). The van der Waals surface area contributed by atoms with E-state index in [4.69, 9.17) is 0 Å². The molecule has 37 heavy (non-hydrogen) atoms. The maximum absolute atomic E-state index is 13.4. The van der Waals surface area contributed by atoms with Gasteiger partial charge in [0, 0.05) is 53.8 Å². The van der Waals surface area contributed by atoms with E-state index in [0.29, 0.717) is 17.8 Å². The first kappa shape index (κ1) is 24.7. The van der Waals surface area contributed by atoms with Gasteiger partial charge in [-0.25, -0.2) is 9.97 Å². The Bertz CT molecular complexity index is 1480. The standard InChI is InChI=1S/C26H26F3N7O/c1-15-21-8-16(12-30-24(21)34-33-15)13-36-7-6-17-4-5-18(9-22(17)36)25(37)32-19-10-20(14-35(2)3)31-23(11-19)26(27,28)29/h4-5,8-12H,6-7,13-14H2,1-3H3,(H,30,33,34)(H,31,32,37). The first-order valence-corrected chi connectivity index (χ1v) is 11.8. The predicted molar refractivity (Wildman–Crippen MR) is 134 cm³/mol. The largest absolute Gasteiger partial charge is 0.433 e. The Morgan fingerprint density at radius 3 is 2.76 bits per heavy atom. The number of halogens is 3. The second-order valence-corrected chi connectivity index (χ2v) is 9.50. The van der Waals surface area contributed by atoms with Gasteiger partial charge in [0.25, 0.3) is 5.91 Å². The van der Waals surface area contributed by atoms with Crippen LogP contribution >= 0.6 is 0 Å². The third kappa shape index (κ3) is 5.26. The number of amides is 1. The molecule has 0 fully saturated rings. The smallest absolute Gasteiger partial charge is 0.367 e. The highest BCUT2D eigenvalue weighted by molar-refractivity contribution is 6.05. The maximum Gasteiger partial charge on any atom is 0.433 e. The first-order chi connectivity index (χ1) is 17.6. The Labute approximate surface area is 211 Å². The van der Waals surface area contributed by atoms with E-state index in [1.165, 1.54) is 6.07 Å². The number of nitrogens with one attached hydrogen (secondary N) is 2. The van der Waals surface area contributed by atoms with Gasteiger partial charge in [0.15, 0.2) is 5.65 Å². The fourth-order valence-corrected chi connectivity index (χ4v) is 4.53. The van der Waals surface area contributed by atoms with Crippen LogP contribution in [0.2, 0.25) is 0 Å². The van der Waals surface area contributed by atoms with Gasteiger partial charge in [-0.15, -0.1) is 0 Å². The van der Waals surface area contributed by atoms with Crippen LogP contribution in [0, 0.1) is 6.92 Å². The quantitative estimate of drug-likeness (QED) is 0.396. The summed E-state index contributed by atoms with van der Waals surface area (Å²) in [5.41, 5.74) is 4.27. The van der Waals surface area contributed by atoms with Crippen molar-refractivity contribution < 1.29 is 18.0 Å². The highest BCUT2D eigenvalue weighted by Crippen LogP contribution is 2.32. The van der Waals surface area contributed by atoms with E-state index in [1.807, 2.05) is 13.0 Å². The van der Waals surface area contributed by atoms with Crippen molar-refractivity contribution in [2.45, 2.75) is 32.6 Å². The summed E-state index contributed by atoms with van der Waals surface area (Å²) >= 11 is 0. The van der Waals surface area contributed by atoms with Crippen molar-refractivity contribution in [3.05, 3.63) is 76.4 Å². The number of anilines is 2. The molecule has 0 saturated heterocycles. The molecule has 0 spiro atoms. The van der Waals surface area contributed by atoms with Crippen LogP contribution in [0.15, 0.2) is 42.6 Å². The van der Waals surface area contributed by atoms with Gasteiger partial charge >= 0.3 is 6.18 Å². The lowest BCUT2D eigenvalue weighted by atomic mass is 10.1. The summed E-state index contributed by atoms with van der Waals surface area (Å²) in [4.78, 5) is 25.1. The van der Waals surface area contributed by atoms with Crippen molar-refractivity contribution in [1.82, 2.24) is 25.1 Å². The van der Waals surface area contributed by atoms with E-state index < -0.39 is 17.8 Å². The molecule has 4 heterocycles. The van der Waals surface area contributed by atoms with Gasteiger partial charge in [0.1, 0.15) is 5.69 Å². The molecule has 1 aromatic carbocycles. The minimum Gasteiger partial charge on any atom is -0.367 e. The molecule has 2 N–H and O–H groups in total. The minimum absolute atomic E-state index is 0.0522. The predicted octanol–water partition coefficient (Wildman–Crippen LogP) is 4.56. The highest BCUT2D eigenvalue weighted by Gasteiger charge is 2.33. The molecule has 0 saturated carbocycles. The van der Waals surface area contributed by atoms with Crippen molar-refractivity contribution in [3.8, 4) is 0 Å². The summed E-state index contributed by atoms with van der Waals surface area (Å²) in [5.74, 6) is -0.484. The fraction of sp³-hybridized carbons (Fsp3) is 0.308. The van der Waals surface area contributed by atoms with Crippen LogP contribution in [0.5, 0.6) is 0 Å². The number of hydrogen-bond donors (Lipinski definition) is 2. The molecule has 1 amide bonds. The molecular formula is C26H26F3N7O. The number of benzene rings is 1. The third-order valence-electron chi connectivity index (χ3n) is 6.27. The molecule has 4 aromatic rings. The zero-order chi connectivity index (χ0) is 26.3. The second-order valence-electron chi connectivity index (χ2n) is 9.50. The molecule has 0 unspecified atom stereocenters. The Kier molecular flexibility index (Phi) is 6.32. The molecule has 8 nitrogen and oxygen atoms in total. The number of fused-ring (bicyclic) bond motifs is 2. The van der Waals surface area contributed by atoms with Gasteiger partial charge < -0.3 is 15.1 Å². The van der Waals surface area contributed by atoms with E-state index in [1.54, 1.807) is 37.3 Å². The third-order valence-corrected chi connectivity index (χ3v) is 6.27. The lowest BCUT2D eigenvalue weighted by Crippen LogP contribution is -2.20. The van der Waals surface area contributed by atoms with E-state index in [9.17, 15) is 18.0 Å². The Morgan fingerprint density at radius 1 is 1.19 bits per heavy atom. The number of aryl methyl sites for hydroxylation is 1. The minimum atomic E-state index is -4.62. The van der Waals surface area contributed by atoms with Crippen LogP contribution in [0.25, 0.3) is 11.0 Å². The van der Waals surface area contributed by atoms with Crippen LogP contribution in [0.4, 0.5) is 24.5 Å². The van der Waals surface area contributed by atoms with Crippen molar-refractivity contribution in [1.29, 1.82) is 0 Å². The monoisotopic (exact) mass is 509 g/mol. The number of hydrogen-bond acceptors (Lipinski definition) is 6. The number of carbonyl (C=O) groups is 1. The zero-order valence-electron chi connectivity index (χ0n) is 20.6. The number of aromatic nitrogens is 4. The average Bonchev–Trinajstić information content (AvgIpc) is 3.41. The average molecular weight is 510 g/mol. The molecule has 1 aliphatic heterocycles. The summed E-state index contributed by atoms with van der Waals surface area (Å²) in [6.45, 7) is 3.55. The molecule has 3 aromatic heterocycles. The first-order valence-electron chi connectivity index (χ1n) is 11.8. The normalized spacial score (nSPS) is 13.4. The SMILES string of the molecule is Cc1[nH]nc2ncc(CN3CCc4ccc(C(=O)Nc5cc(CN(C)C)nc(C(F)(F)F)c5)cc43)cc12. The van der Waals surface area contributed by atoms with Crippen LogP contribution in [-0.4, -0.2) is 51.6 Å². The molecule has 192 valence electrons. The summed E-state index contributed by atoms with van der Waals surface area (Å²) in [5, 5.41) is 10.7. The maximum atomic E-state index is 13.4. The number of carbonyl (C=O) groups excluding carboxylic acids is 1. The van der Waals surface area contributed by atoms with Crippen LogP contribution < -0.4 is 10.2 Å². The van der Waals surface area contributed by atoms with Gasteiger partial charge in [0.05, 0.1) is 5.69 Å². The number of nitrogens with zero attached hydrogens (tertiary/aromatic N) is 5. The lowest BCUT2D eigenvalue weighted by Gasteiger charge is -2.20. The molecule has 0 aliphatic carbocycles.